The quantitative estimate of drug-likeness (QED) is 0.313. The number of hydrogen-bond acceptors (Lipinski definition) is 3. The minimum atomic E-state index is 0.649. The van der Waals surface area contributed by atoms with Gasteiger partial charge in [0.05, 0.1) is 0 Å². The molecule has 0 aromatic rings. The van der Waals surface area contributed by atoms with Crippen LogP contribution in [0.5, 0.6) is 0 Å². The van der Waals surface area contributed by atoms with Gasteiger partial charge < -0.3 is 5.32 Å². The normalized spacial score (nSPS) is 9.00. The Labute approximate surface area is 59.7 Å². The van der Waals surface area contributed by atoms with Crippen LogP contribution in [0.3, 0.4) is 0 Å². The third-order valence-electron chi connectivity index (χ3n) is 0.671. The maximum Gasteiger partial charge on any atom is 0.309 e. The molecule has 3 nitrogen and oxygen atoms in total. The fourth-order valence-electron chi connectivity index (χ4n) is 0.339. The molecule has 0 aliphatic carbocycles. The zero-order valence-electron chi connectivity index (χ0n) is 5.44. The minimum Gasteiger partial charge on any atom is -0.347 e. The van der Waals surface area contributed by atoms with E-state index in [9.17, 15) is 4.79 Å². The van der Waals surface area contributed by atoms with Crippen molar-refractivity contribution in [1.29, 1.82) is 0 Å². The molecule has 0 saturated carbocycles. The first-order chi connectivity index (χ1) is 4.41. The lowest BCUT2D eigenvalue weighted by Crippen LogP contribution is -2.22. The second-order valence-corrected chi connectivity index (χ2v) is 2.51. The fourth-order valence-corrected chi connectivity index (χ4v) is 0.789. The second kappa shape index (κ2) is 7.78. The highest BCUT2D eigenvalue weighted by Crippen LogP contribution is 1.86. The summed E-state index contributed by atoms with van der Waals surface area (Å²) in [6, 6.07) is 0. The maximum atomic E-state index is 9.57. The Bertz CT molecular complexity index is 70.0. The van der Waals surface area contributed by atoms with Crippen LogP contribution in [0.4, 0.5) is 0 Å². The van der Waals surface area contributed by atoms with Gasteiger partial charge in [-0.15, -0.1) is 0 Å². The SMILES string of the molecule is CCSNCCN[C]=O. The van der Waals surface area contributed by atoms with Crippen molar-refractivity contribution < 1.29 is 4.79 Å². The fraction of sp³-hybridized carbons (Fsp3) is 0.800. The van der Waals surface area contributed by atoms with Gasteiger partial charge in [0.25, 0.3) is 0 Å². The molecule has 4 heteroatoms. The summed E-state index contributed by atoms with van der Waals surface area (Å²) < 4.78 is 3.05. The molecule has 0 aromatic carbocycles. The van der Waals surface area contributed by atoms with Gasteiger partial charge in [0.1, 0.15) is 0 Å². The van der Waals surface area contributed by atoms with E-state index in [0.29, 0.717) is 6.54 Å². The molecule has 9 heavy (non-hydrogen) atoms. The molecular weight excluding hydrogens is 136 g/mol. The maximum absolute atomic E-state index is 9.57. The summed E-state index contributed by atoms with van der Waals surface area (Å²) in [7, 11) is 0. The molecule has 0 rings (SSSR count). The first-order valence-corrected chi connectivity index (χ1v) is 3.85. The predicted molar refractivity (Wildman–Crippen MR) is 39.8 cm³/mol. The van der Waals surface area contributed by atoms with Crippen LogP contribution >= 0.6 is 11.9 Å². The third kappa shape index (κ3) is 7.78. The Morgan fingerprint density at radius 2 is 2.33 bits per heavy atom. The Kier molecular flexibility index (Phi) is 7.59. The summed E-state index contributed by atoms with van der Waals surface area (Å²) in [5, 5.41) is 2.43. The van der Waals surface area contributed by atoms with E-state index in [2.05, 4.69) is 17.0 Å². The van der Waals surface area contributed by atoms with E-state index in [1.807, 2.05) is 0 Å². The summed E-state index contributed by atoms with van der Waals surface area (Å²) in [6.07, 6.45) is 1.60. The molecule has 0 heterocycles. The standard InChI is InChI=1S/C5H11N2OS/c1-2-9-7-4-3-6-5-8/h7H,2-4H2,1H3,(H,6,8). The molecule has 0 atom stereocenters. The Morgan fingerprint density at radius 3 is 2.89 bits per heavy atom. The lowest BCUT2D eigenvalue weighted by atomic mass is 10.7. The summed E-state index contributed by atoms with van der Waals surface area (Å²) in [6.45, 7) is 3.52. The van der Waals surface area contributed by atoms with E-state index in [-0.39, 0.29) is 0 Å². The van der Waals surface area contributed by atoms with Crippen molar-refractivity contribution in [3.63, 3.8) is 0 Å². The van der Waals surface area contributed by atoms with Crippen LogP contribution in [-0.2, 0) is 4.79 Å². The van der Waals surface area contributed by atoms with Crippen LogP contribution in [0, 0.1) is 0 Å². The van der Waals surface area contributed by atoms with Crippen molar-refractivity contribution >= 4 is 18.4 Å². The van der Waals surface area contributed by atoms with Gasteiger partial charge in [-0.1, -0.05) is 18.9 Å². The largest absolute Gasteiger partial charge is 0.347 e. The van der Waals surface area contributed by atoms with Crippen molar-refractivity contribution in [2.75, 3.05) is 18.8 Å². The van der Waals surface area contributed by atoms with Gasteiger partial charge in [-0.2, -0.15) is 0 Å². The highest BCUT2D eigenvalue weighted by atomic mass is 32.2. The van der Waals surface area contributed by atoms with Gasteiger partial charge in [-0.05, 0) is 0 Å². The Balaban J connectivity index is 2.66. The minimum absolute atomic E-state index is 0.649. The zero-order valence-corrected chi connectivity index (χ0v) is 6.25. The molecule has 0 aromatic heterocycles. The van der Waals surface area contributed by atoms with Crippen LogP contribution in [0.15, 0.2) is 0 Å². The Morgan fingerprint density at radius 1 is 1.56 bits per heavy atom. The van der Waals surface area contributed by atoms with Crippen molar-refractivity contribution in [3.05, 3.63) is 0 Å². The van der Waals surface area contributed by atoms with Crippen LogP contribution < -0.4 is 10.0 Å². The van der Waals surface area contributed by atoms with E-state index in [1.165, 1.54) is 0 Å². The molecule has 0 unspecified atom stereocenters. The van der Waals surface area contributed by atoms with Gasteiger partial charge in [0.15, 0.2) is 0 Å². The molecular formula is C5H11N2OS. The first-order valence-electron chi connectivity index (χ1n) is 2.86. The van der Waals surface area contributed by atoms with Gasteiger partial charge >= 0.3 is 6.41 Å². The molecule has 1 amide bonds. The molecule has 0 saturated heterocycles. The Hall–Kier alpha value is -0.220. The van der Waals surface area contributed by atoms with Gasteiger partial charge in [0.2, 0.25) is 0 Å². The van der Waals surface area contributed by atoms with E-state index in [0.717, 1.165) is 12.3 Å². The zero-order chi connectivity index (χ0) is 6.95. The number of hydrogen-bond donors (Lipinski definition) is 2. The molecule has 53 valence electrons. The van der Waals surface area contributed by atoms with E-state index >= 15 is 0 Å². The van der Waals surface area contributed by atoms with Gasteiger partial charge in [-0.3, -0.25) is 9.52 Å². The first kappa shape index (κ1) is 8.78. The lowest BCUT2D eigenvalue weighted by Gasteiger charge is -1.98. The second-order valence-electron chi connectivity index (χ2n) is 1.36. The monoisotopic (exact) mass is 147 g/mol. The van der Waals surface area contributed by atoms with Gasteiger partial charge in [0, 0.05) is 18.8 Å². The molecule has 0 aliphatic rings. The molecule has 0 fully saturated rings. The molecule has 0 spiro atoms. The van der Waals surface area contributed by atoms with Crippen molar-refractivity contribution in [2.45, 2.75) is 6.92 Å². The number of carbonyl (C=O) groups excluding carboxylic acids is 1. The van der Waals surface area contributed by atoms with Crippen molar-refractivity contribution in [2.24, 2.45) is 0 Å². The van der Waals surface area contributed by atoms with E-state index < -0.39 is 0 Å². The van der Waals surface area contributed by atoms with Crippen LogP contribution in [0.2, 0.25) is 0 Å². The van der Waals surface area contributed by atoms with Crippen LogP contribution in [-0.4, -0.2) is 25.3 Å². The number of amides is 1. The van der Waals surface area contributed by atoms with E-state index in [1.54, 1.807) is 18.4 Å². The molecule has 0 bridgehead atoms. The van der Waals surface area contributed by atoms with Gasteiger partial charge in [-0.25, -0.2) is 0 Å². The molecule has 2 N–H and O–H groups in total. The number of rotatable bonds is 6. The smallest absolute Gasteiger partial charge is 0.309 e. The highest BCUT2D eigenvalue weighted by molar-refractivity contribution is 7.97. The summed E-state index contributed by atoms with van der Waals surface area (Å²) in [5.74, 6) is 1.05. The van der Waals surface area contributed by atoms with Crippen molar-refractivity contribution in [1.82, 2.24) is 10.0 Å². The molecule has 1 radical (unpaired) electrons. The summed E-state index contributed by atoms with van der Waals surface area (Å²) in [4.78, 5) is 9.57. The average Bonchev–Trinajstić information content (AvgIpc) is 1.89. The van der Waals surface area contributed by atoms with Crippen molar-refractivity contribution in [3.8, 4) is 0 Å². The third-order valence-corrected chi connectivity index (χ3v) is 1.37. The topological polar surface area (TPSA) is 41.1 Å². The van der Waals surface area contributed by atoms with Crippen LogP contribution in [0.25, 0.3) is 0 Å². The molecule has 0 aliphatic heterocycles. The summed E-state index contributed by atoms with van der Waals surface area (Å²) >= 11 is 1.64. The summed E-state index contributed by atoms with van der Waals surface area (Å²) in [5.41, 5.74) is 0. The van der Waals surface area contributed by atoms with E-state index in [4.69, 9.17) is 0 Å². The highest BCUT2D eigenvalue weighted by Gasteiger charge is 1.82. The predicted octanol–water partition coefficient (Wildman–Crippen LogP) is -0.0991. The lowest BCUT2D eigenvalue weighted by molar-refractivity contribution is 0.542. The average molecular weight is 147 g/mol. The van der Waals surface area contributed by atoms with Crippen LogP contribution in [0.1, 0.15) is 6.92 Å². The number of nitrogens with one attached hydrogen (secondary N) is 2.